The lowest BCUT2D eigenvalue weighted by atomic mass is 10.2. The van der Waals surface area contributed by atoms with E-state index in [4.69, 9.17) is 22.8 Å². The van der Waals surface area contributed by atoms with Gasteiger partial charge >= 0.3 is 0 Å². The average molecular weight is 375 g/mol. The molecule has 3 rings (SSSR count). The fourth-order valence-electron chi connectivity index (χ4n) is 2.40. The molecule has 1 amide bonds. The summed E-state index contributed by atoms with van der Waals surface area (Å²) in [4.78, 5) is 17.0. The third kappa shape index (κ3) is 3.29. The Bertz CT molecular complexity index is 1080. The van der Waals surface area contributed by atoms with E-state index in [0.29, 0.717) is 25.8 Å². The van der Waals surface area contributed by atoms with Crippen molar-refractivity contribution in [2.24, 2.45) is 4.99 Å². The lowest BCUT2D eigenvalue weighted by molar-refractivity contribution is 0.0995. The van der Waals surface area contributed by atoms with Gasteiger partial charge in [0.05, 0.1) is 29.4 Å². The minimum absolute atomic E-state index is 0.0970. The molecule has 0 bridgehead atoms. The molecule has 0 spiro atoms. The zero-order valence-corrected chi connectivity index (χ0v) is 14.7. The SMILES string of the molecule is C#CCn1c(=NC(=O)c2cc(Cl)ccc2OC)sc2cccc(F)c21. The van der Waals surface area contributed by atoms with Gasteiger partial charge in [0, 0.05) is 5.02 Å². The lowest BCUT2D eigenvalue weighted by Gasteiger charge is -2.05. The predicted octanol–water partition coefficient (Wildman–Crippen LogP) is 3.88. The number of halogens is 2. The smallest absolute Gasteiger partial charge is 0.283 e. The Morgan fingerprint density at radius 3 is 2.96 bits per heavy atom. The Labute approximate surface area is 152 Å². The maximum atomic E-state index is 14.2. The number of carbonyl (C=O) groups excluding carboxylic acids is 1. The molecule has 25 heavy (non-hydrogen) atoms. The highest BCUT2D eigenvalue weighted by molar-refractivity contribution is 7.16. The van der Waals surface area contributed by atoms with Gasteiger partial charge in [-0.15, -0.1) is 6.42 Å². The normalized spacial score (nSPS) is 11.5. The van der Waals surface area contributed by atoms with Crippen molar-refractivity contribution in [2.75, 3.05) is 7.11 Å². The van der Waals surface area contributed by atoms with Gasteiger partial charge in [-0.1, -0.05) is 34.9 Å². The number of benzene rings is 2. The van der Waals surface area contributed by atoms with Crippen LogP contribution in [0, 0.1) is 18.2 Å². The number of carbonyl (C=O) groups is 1. The second kappa shape index (κ2) is 7.09. The van der Waals surface area contributed by atoms with Crippen LogP contribution >= 0.6 is 22.9 Å². The number of para-hydroxylation sites is 1. The van der Waals surface area contributed by atoms with Crippen LogP contribution in [0.15, 0.2) is 41.4 Å². The van der Waals surface area contributed by atoms with Crippen molar-refractivity contribution in [3.63, 3.8) is 0 Å². The molecule has 2 aromatic carbocycles. The van der Waals surface area contributed by atoms with Crippen molar-refractivity contribution < 1.29 is 13.9 Å². The summed E-state index contributed by atoms with van der Waals surface area (Å²) in [6.07, 6.45) is 5.38. The molecule has 126 valence electrons. The first-order valence-electron chi connectivity index (χ1n) is 7.19. The monoisotopic (exact) mass is 374 g/mol. The maximum Gasteiger partial charge on any atom is 0.283 e. The topological polar surface area (TPSA) is 43.6 Å². The van der Waals surface area contributed by atoms with Crippen LogP contribution < -0.4 is 9.54 Å². The van der Waals surface area contributed by atoms with Crippen LogP contribution in [0.3, 0.4) is 0 Å². The summed E-state index contributed by atoms with van der Waals surface area (Å²) in [7, 11) is 1.45. The third-order valence-electron chi connectivity index (χ3n) is 3.49. The molecular weight excluding hydrogens is 363 g/mol. The molecule has 0 saturated heterocycles. The molecule has 4 nitrogen and oxygen atoms in total. The van der Waals surface area contributed by atoms with Crippen LogP contribution in [0.25, 0.3) is 10.2 Å². The molecule has 0 aliphatic carbocycles. The summed E-state index contributed by atoms with van der Waals surface area (Å²) in [5.74, 6) is 1.85. The summed E-state index contributed by atoms with van der Waals surface area (Å²) in [5.41, 5.74) is 0.551. The van der Waals surface area contributed by atoms with Crippen molar-refractivity contribution >= 4 is 39.1 Å². The van der Waals surface area contributed by atoms with Crippen LogP contribution in [0.5, 0.6) is 5.75 Å². The van der Waals surface area contributed by atoms with Gasteiger partial charge < -0.3 is 9.30 Å². The zero-order valence-electron chi connectivity index (χ0n) is 13.1. The van der Waals surface area contributed by atoms with Crippen molar-refractivity contribution in [3.05, 3.63) is 57.6 Å². The quantitative estimate of drug-likeness (QED) is 0.653. The van der Waals surface area contributed by atoms with Gasteiger partial charge in [-0.3, -0.25) is 4.79 Å². The molecule has 7 heteroatoms. The number of ether oxygens (including phenoxy) is 1. The summed E-state index contributed by atoms with van der Waals surface area (Å²) in [6, 6.07) is 9.37. The van der Waals surface area contributed by atoms with Crippen LogP contribution in [0.2, 0.25) is 5.02 Å². The highest BCUT2D eigenvalue weighted by Gasteiger charge is 2.15. The second-order valence-electron chi connectivity index (χ2n) is 5.02. The number of methoxy groups -OCH3 is 1. The Morgan fingerprint density at radius 1 is 1.44 bits per heavy atom. The van der Waals surface area contributed by atoms with E-state index in [-0.39, 0.29) is 12.1 Å². The largest absolute Gasteiger partial charge is 0.496 e. The third-order valence-corrected chi connectivity index (χ3v) is 4.77. The molecule has 0 radical (unpaired) electrons. The van der Waals surface area contributed by atoms with E-state index in [1.807, 2.05) is 0 Å². The van der Waals surface area contributed by atoms with Gasteiger partial charge in [-0.05, 0) is 30.3 Å². The number of fused-ring (bicyclic) bond motifs is 1. The first kappa shape index (κ1) is 17.2. The van der Waals surface area contributed by atoms with E-state index in [9.17, 15) is 9.18 Å². The number of rotatable bonds is 3. The molecule has 0 fully saturated rings. The maximum absolute atomic E-state index is 14.2. The summed E-state index contributed by atoms with van der Waals surface area (Å²) < 4.78 is 21.5. The summed E-state index contributed by atoms with van der Waals surface area (Å²) in [5, 5.41) is 0.387. The van der Waals surface area contributed by atoms with Gasteiger partial charge in [-0.2, -0.15) is 4.99 Å². The first-order valence-corrected chi connectivity index (χ1v) is 8.38. The Kier molecular flexibility index (Phi) is 4.88. The summed E-state index contributed by atoms with van der Waals surface area (Å²) >= 11 is 7.14. The fraction of sp³-hybridized carbons (Fsp3) is 0.111. The molecule has 1 heterocycles. The highest BCUT2D eigenvalue weighted by Crippen LogP contribution is 2.24. The average Bonchev–Trinajstić information content (AvgIpc) is 2.94. The van der Waals surface area contributed by atoms with Crippen LogP contribution in [0.1, 0.15) is 10.4 Å². The number of amides is 1. The predicted molar refractivity (Wildman–Crippen MR) is 96.5 cm³/mol. The van der Waals surface area contributed by atoms with Crippen LogP contribution in [0.4, 0.5) is 4.39 Å². The van der Waals surface area contributed by atoms with Crippen LogP contribution in [-0.4, -0.2) is 17.6 Å². The molecule has 0 unspecified atom stereocenters. The molecule has 0 atom stereocenters. The fourth-order valence-corrected chi connectivity index (χ4v) is 3.62. The van der Waals surface area contributed by atoms with Gasteiger partial charge in [0.15, 0.2) is 4.80 Å². The molecule has 1 aromatic heterocycles. The number of hydrogen-bond acceptors (Lipinski definition) is 3. The van der Waals surface area contributed by atoms with E-state index in [1.54, 1.807) is 24.3 Å². The molecule has 0 saturated carbocycles. The van der Waals surface area contributed by atoms with E-state index < -0.39 is 11.7 Å². The van der Waals surface area contributed by atoms with Gasteiger partial charge in [0.25, 0.3) is 5.91 Å². The molecule has 0 N–H and O–H groups in total. The number of aromatic nitrogens is 1. The van der Waals surface area contributed by atoms with Crippen molar-refractivity contribution in [1.82, 2.24) is 4.57 Å². The van der Waals surface area contributed by atoms with Crippen molar-refractivity contribution in [1.29, 1.82) is 0 Å². The second-order valence-corrected chi connectivity index (χ2v) is 6.47. The minimum atomic E-state index is -0.544. The molecule has 3 aromatic rings. The van der Waals surface area contributed by atoms with Gasteiger partial charge in [-0.25, -0.2) is 4.39 Å². The zero-order chi connectivity index (χ0) is 18.0. The van der Waals surface area contributed by atoms with E-state index in [2.05, 4.69) is 10.9 Å². The Morgan fingerprint density at radius 2 is 2.24 bits per heavy atom. The van der Waals surface area contributed by atoms with E-state index >= 15 is 0 Å². The van der Waals surface area contributed by atoms with Crippen LogP contribution in [-0.2, 0) is 6.54 Å². The molecule has 0 aliphatic rings. The van der Waals surface area contributed by atoms with Crippen molar-refractivity contribution in [3.8, 4) is 18.1 Å². The van der Waals surface area contributed by atoms with Crippen molar-refractivity contribution in [2.45, 2.75) is 6.54 Å². The van der Waals surface area contributed by atoms with Gasteiger partial charge in [0.2, 0.25) is 0 Å². The lowest BCUT2D eigenvalue weighted by Crippen LogP contribution is -2.17. The summed E-state index contributed by atoms with van der Waals surface area (Å²) in [6.45, 7) is 0.0970. The molecular formula is C18H12ClFN2O2S. The Hall–Kier alpha value is -2.62. The highest BCUT2D eigenvalue weighted by atomic mass is 35.5. The number of hydrogen-bond donors (Lipinski definition) is 0. The minimum Gasteiger partial charge on any atom is -0.496 e. The van der Waals surface area contributed by atoms with Gasteiger partial charge in [0.1, 0.15) is 11.6 Å². The molecule has 0 aliphatic heterocycles. The number of terminal acetylenes is 1. The first-order chi connectivity index (χ1) is 12.0. The Balaban J connectivity index is 2.21. The number of nitrogens with zero attached hydrogens (tertiary/aromatic N) is 2. The van der Waals surface area contributed by atoms with E-state index in [1.165, 1.54) is 35.1 Å². The number of thiazole rings is 1. The standard InChI is InChI=1S/C18H12ClFN2O2S/c1-3-9-22-16-13(20)5-4-6-15(16)25-18(22)21-17(23)12-10-11(19)7-8-14(12)24-2/h1,4-8,10H,9H2,2H3. The van der Waals surface area contributed by atoms with E-state index in [0.717, 1.165) is 0 Å².